The Bertz CT molecular complexity index is 613. The van der Waals surface area contributed by atoms with Gasteiger partial charge in [-0.1, -0.05) is 25.3 Å². The number of likely N-dealkylation sites (tertiary alicyclic amines) is 1. The van der Waals surface area contributed by atoms with E-state index in [9.17, 15) is 4.79 Å². The number of carbonyl (C=O) groups is 1. The van der Waals surface area contributed by atoms with Crippen LogP contribution in [0.4, 0.5) is 0 Å². The van der Waals surface area contributed by atoms with Crippen LogP contribution in [0.5, 0.6) is 0 Å². The molecule has 2 aliphatic rings. The standard InChI is InChI=1S/C21H35N5OS.HI/c1-22-21(24-12-11-23-20(27)17-8-3-2-4-9-17)25-16-18(19-10-7-15-28-19)26-13-5-6-14-26;/h7,10,15,17-18H,2-6,8-9,11-14,16H2,1H3,(H,23,27)(H2,22,24,25);1H. The number of hydrogen-bond acceptors (Lipinski definition) is 4. The van der Waals surface area contributed by atoms with Crippen molar-refractivity contribution in [2.24, 2.45) is 10.9 Å². The van der Waals surface area contributed by atoms with Gasteiger partial charge < -0.3 is 16.0 Å². The third-order valence-corrected chi connectivity index (χ3v) is 6.81. The van der Waals surface area contributed by atoms with Gasteiger partial charge in [-0.15, -0.1) is 35.3 Å². The van der Waals surface area contributed by atoms with E-state index in [2.05, 4.69) is 43.4 Å². The monoisotopic (exact) mass is 533 g/mol. The number of hydrogen-bond donors (Lipinski definition) is 3. The Kier molecular flexibility index (Phi) is 11.3. The molecule has 1 aromatic heterocycles. The van der Waals surface area contributed by atoms with Gasteiger partial charge in [0.05, 0.1) is 6.04 Å². The second kappa shape index (κ2) is 13.4. The Morgan fingerprint density at radius 1 is 1.14 bits per heavy atom. The highest BCUT2D eigenvalue weighted by molar-refractivity contribution is 14.0. The molecule has 0 spiro atoms. The summed E-state index contributed by atoms with van der Waals surface area (Å²) in [6.45, 7) is 4.50. The van der Waals surface area contributed by atoms with Crippen LogP contribution in [-0.4, -0.2) is 56.5 Å². The van der Waals surface area contributed by atoms with Crippen LogP contribution in [0.1, 0.15) is 55.9 Å². The molecule has 0 aromatic carbocycles. The number of halogens is 1. The Balaban J connectivity index is 0.00000300. The molecule has 1 aliphatic heterocycles. The number of amides is 1. The molecule has 1 amide bonds. The van der Waals surface area contributed by atoms with Crippen molar-refractivity contribution in [2.45, 2.75) is 51.0 Å². The minimum absolute atomic E-state index is 0. The van der Waals surface area contributed by atoms with Gasteiger partial charge in [0.2, 0.25) is 5.91 Å². The Labute approximate surface area is 196 Å². The van der Waals surface area contributed by atoms with Crippen molar-refractivity contribution in [3.8, 4) is 0 Å². The van der Waals surface area contributed by atoms with E-state index in [1.807, 2.05) is 11.3 Å². The van der Waals surface area contributed by atoms with Gasteiger partial charge in [0.15, 0.2) is 5.96 Å². The van der Waals surface area contributed by atoms with Gasteiger partial charge >= 0.3 is 0 Å². The van der Waals surface area contributed by atoms with Crippen molar-refractivity contribution in [1.29, 1.82) is 0 Å². The van der Waals surface area contributed by atoms with Gasteiger partial charge in [-0.25, -0.2) is 0 Å². The van der Waals surface area contributed by atoms with E-state index in [1.165, 1.54) is 50.1 Å². The van der Waals surface area contributed by atoms with E-state index in [0.29, 0.717) is 19.1 Å². The SMILES string of the molecule is CN=C(NCCNC(=O)C1CCCCC1)NCC(c1cccs1)N1CCCC1.I. The molecule has 29 heavy (non-hydrogen) atoms. The molecule has 1 atom stereocenters. The molecule has 6 nitrogen and oxygen atoms in total. The van der Waals surface area contributed by atoms with Gasteiger partial charge in [-0.3, -0.25) is 14.7 Å². The topological polar surface area (TPSA) is 68.8 Å². The zero-order valence-corrected chi connectivity index (χ0v) is 20.6. The number of rotatable bonds is 8. The predicted octanol–water partition coefficient (Wildman–Crippen LogP) is 3.36. The summed E-state index contributed by atoms with van der Waals surface area (Å²) in [6.07, 6.45) is 8.32. The quantitative estimate of drug-likeness (QED) is 0.208. The molecule has 1 aliphatic carbocycles. The summed E-state index contributed by atoms with van der Waals surface area (Å²) in [7, 11) is 1.80. The van der Waals surface area contributed by atoms with Crippen molar-refractivity contribution in [2.75, 3.05) is 39.8 Å². The summed E-state index contributed by atoms with van der Waals surface area (Å²) in [5, 5.41) is 12.0. The third kappa shape index (κ3) is 7.71. The smallest absolute Gasteiger partial charge is 0.223 e. The Morgan fingerprint density at radius 3 is 2.52 bits per heavy atom. The number of guanidine groups is 1. The molecule has 0 bridgehead atoms. The van der Waals surface area contributed by atoms with Gasteiger partial charge in [0, 0.05) is 37.5 Å². The minimum atomic E-state index is 0. The molecule has 1 unspecified atom stereocenters. The minimum Gasteiger partial charge on any atom is -0.355 e. The summed E-state index contributed by atoms with van der Waals surface area (Å²) in [4.78, 5) is 20.5. The molecule has 0 radical (unpaired) electrons. The summed E-state index contributed by atoms with van der Waals surface area (Å²) in [6, 6.07) is 4.75. The number of nitrogens with zero attached hydrogens (tertiary/aromatic N) is 2. The molecule has 3 rings (SSSR count). The zero-order valence-electron chi connectivity index (χ0n) is 17.5. The van der Waals surface area contributed by atoms with Crippen LogP contribution in [0.3, 0.4) is 0 Å². The molecule has 2 heterocycles. The first-order valence-electron chi connectivity index (χ1n) is 10.8. The average Bonchev–Trinajstić information content (AvgIpc) is 3.45. The lowest BCUT2D eigenvalue weighted by Gasteiger charge is -2.27. The maximum absolute atomic E-state index is 12.2. The molecular weight excluding hydrogens is 497 g/mol. The fraction of sp³-hybridized carbons (Fsp3) is 0.714. The van der Waals surface area contributed by atoms with E-state index in [4.69, 9.17) is 0 Å². The maximum Gasteiger partial charge on any atom is 0.223 e. The van der Waals surface area contributed by atoms with Crippen LogP contribution in [0.25, 0.3) is 0 Å². The first-order chi connectivity index (χ1) is 13.8. The summed E-state index contributed by atoms with van der Waals surface area (Å²) in [5.74, 6) is 1.24. The van der Waals surface area contributed by atoms with Crippen molar-refractivity contribution < 1.29 is 4.79 Å². The molecule has 3 N–H and O–H groups in total. The fourth-order valence-electron chi connectivity index (χ4n) is 4.23. The van der Waals surface area contributed by atoms with Gasteiger partial charge in [0.1, 0.15) is 0 Å². The lowest BCUT2D eigenvalue weighted by Crippen LogP contribution is -2.45. The Hall–Kier alpha value is -0.870. The van der Waals surface area contributed by atoms with Crippen LogP contribution in [-0.2, 0) is 4.79 Å². The lowest BCUT2D eigenvalue weighted by atomic mass is 9.89. The van der Waals surface area contributed by atoms with Crippen LogP contribution >= 0.6 is 35.3 Å². The molecule has 164 valence electrons. The van der Waals surface area contributed by atoms with Crippen molar-refractivity contribution in [3.05, 3.63) is 22.4 Å². The fourth-order valence-corrected chi connectivity index (χ4v) is 5.09. The molecule has 1 aromatic rings. The predicted molar refractivity (Wildman–Crippen MR) is 132 cm³/mol. The summed E-state index contributed by atoms with van der Waals surface area (Å²) in [5.41, 5.74) is 0. The first-order valence-corrected chi connectivity index (χ1v) is 11.7. The number of aliphatic imine (C=N–C) groups is 1. The molecule has 8 heteroatoms. The van der Waals surface area contributed by atoms with E-state index in [1.54, 1.807) is 7.05 Å². The van der Waals surface area contributed by atoms with E-state index < -0.39 is 0 Å². The van der Waals surface area contributed by atoms with Gasteiger partial charge in [0.25, 0.3) is 0 Å². The van der Waals surface area contributed by atoms with Gasteiger partial charge in [-0.2, -0.15) is 0 Å². The van der Waals surface area contributed by atoms with Crippen LogP contribution in [0.2, 0.25) is 0 Å². The van der Waals surface area contributed by atoms with E-state index >= 15 is 0 Å². The number of thiophene rings is 1. The van der Waals surface area contributed by atoms with Gasteiger partial charge in [-0.05, 0) is 50.2 Å². The third-order valence-electron chi connectivity index (χ3n) is 5.83. The number of nitrogens with one attached hydrogen (secondary N) is 3. The van der Waals surface area contributed by atoms with Crippen LogP contribution in [0, 0.1) is 5.92 Å². The normalized spacial score (nSPS) is 19.4. The highest BCUT2D eigenvalue weighted by Crippen LogP contribution is 2.27. The second-order valence-corrected chi connectivity index (χ2v) is 8.76. The van der Waals surface area contributed by atoms with Crippen LogP contribution in [0.15, 0.2) is 22.5 Å². The second-order valence-electron chi connectivity index (χ2n) is 7.78. The van der Waals surface area contributed by atoms with Crippen molar-refractivity contribution in [3.63, 3.8) is 0 Å². The molecule has 1 saturated carbocycles. The first kappa shape index (κ1) is 24.4. The van der Waals surface area contributed by atoms with E-state index in [-0.39, 0.29) is 35.8 Å². The highest BCUT2D eigenvalue weighted by Gasteiger charge is 2.24. The summed E-state index contributed by atoms with van der Waals surface area (Å²) >= 11 is 1.83. The maximum atomic E-state index is 12.2. The number of carbonyl (C=O) groups excluding carboxylic acids is 1. The average molecular weight is 534 g/mol. The van der Waals surface area contributed by atoms with Crippen molar-refractivity contribution in [1.82, 2.24) is 20.9 Å². The largest absolute Gasteiger partial charge is 0.355 e. The summed E-state index contributed by atoms with van der Waals surface area (Å²) < 4.78 is 0. The van der Waals surface area contributed by atoms with Crippen molar-refractivity contribution >= 4 is 47.2 Å². The van der Waals surface area contributed by atoms with Crippen LogP contribution < -0.4 is 16.0 Å². The highest BCUT2D eigenvalue weighted by atomic mass is 127. The molecular formula is C21H36IN5OS. The molecule has 2 fully saturated rings. The molecule has 1 saturated heterocycles. The Morgan fingerprint density at radius 2 is 1.86 bits per heavy atom. The van der Waals surface area contributed by atoms with E-state index in [0.717, 1.165) is 25.3 Å². The zero-order chi connectivity index (χ0) is 19.6. The lowest BCUT2D eigenvalue weighted by molar-refractivity contribution is -0.125.